The van der Waals surface area contributed by atoms with Gasteiger partial charge in [-0.25, -0.2) is 0 Å². The molecule has 0 radical (unpaired) electrons. The SMILES string of the molecule is C=C(N)N1CCC(C)CC1.C=CC.Cc1ccc(C(F)(F)F)cc1N(C)CCCN1CCCCC1. The fourth-order valence-electron chi connectivity index (χ4n) is 4.33. The highest BCUT2D eigenvalue weighted by Gasteiger charge is 2.31. The maximum absolute atomic E-state index is 12.8. The van der Waals surface area contributed by atoms with Gasteiger partial charge in [-0.1, -0.05) is 32.1 Å². The molecule has 35 heavy (non-hydrogen) atoms. The second kappa shape index (κ2) is 15.8. The largest absolute Gasteiger partial charge is 0.416 e. The molecule has 0 amide bonds. The summed E-state index contributed by atoms with van der Waals surface area (Å²) in [5.41, 5.74) is 6.53. The van der Waals surface area contributed by atoms with E-state index in [1.54, 1.807) is 12.1 Å². The molecule has 2 N–H and O–H groups in total. The van der Waals surface area contributed by atoms with Crippen LogP contribution < -0.4 is 10.6 Å². The molecule has 0 bridgehead atoms. The van der Waals surface area contributed by atoms with Crippen LogP contribution in [0.2, 0.25) is 0 Å². The van der Waals surface area contributed by atoms with Crippen molar-refractivity contribution in [3.8, 4) is 0 Å². The van der Waals surface area contributed by atoms with Gasteiger partial charge in [0.2, 0.25) is 0 Å². The number of aryl methyl sites for hydroxylation is 1. The molecule has 0 atom stereocenters. The third-order valence-electron chi connectivity index (χ3n) is 6.55. The van der Waals surface area contributed by atoms with E-state index in [2.05, 4.69) is 29.9 Å². The summed E-state index contributed by atoms with van der Waals surface area (Å²) >= 11 is 0. The fraction of sp³-hybridized carbons (Fsp3) is 0.643. The lowest BCUT2D eigenvalue weighted by Gasteiger charge is -2.31. The number of anilines is 1. The van der Waals surface area contributed by atoms with Gasteiger partial charge in [0.1, 0.15) is 0 Å². The van der Waals surface area contributed by atoms with Crippen molar-refractivity contribution in [2.24, 2.45) is 11.7 Å². The summed E-state index contributed by atoms with van der Waals surface area (Å²) in [5, 5.41) is 0. The molecule has 0 aromatic heterocycles. The molecule has 2 saturated heterocycles. The molecule has 0 saturated carbocycles. The van der Waals surface area contributed by atoms with Crippen LogP contribution in [0.1, 0.15) is 63.5 Å². The molecule has 4 nitrogen and oxygen atoms in total. The van der Waals surface area contributed by atoms with E-state index in [4.69, 9.17) is 5.73 Å². The Morgan fingerprint density at radius 3 is 2.23 bits per heavy atom. The third-order valence-corrected chi connectivity index (χ3v) is 6.55. The predicted octanol–water partition coefficient (Wildman–Crippen LogP) is 6.67. The number of nitrogens with two attached hydrogens (primary N) is 1. The third kappa shape index (κ3) is 11.9. The van der Waals surface area contributed by atoms with Crippen molar-refractivity contribution >= 4 is 5.69 Å². The first-order valence-electron chi connectivity index (χ1n) is 12.9. The van der Waals surface area contributed by atoms with Crippen LogP contribution in [-0.2, 0) is 6.18 Å². The summed E-state index contributed by atoms with van der Waals surface area (Å²) in [6.07, 6.45) is 4.82. The summed E-state index contributed by atoms with van der Waals surface area (Å²) in [4.78, 5) is 6.55. The van der Waals surface area contributed by atoms with Crippen molar-refractivity contribution in [1.82, 2.24) is 9.80 Å². The summed E-state index contributed by atoms with van der Waals surface area (Å²) < 4.78 is 38.5. The number of nitrogens with zero attached hydrogens (tertiary/aromatic N) is 3. The van der Waals surface area contributed by atoms with E-state index >= 15 is 0 Å². The lowest BCUT2D eigenvalue weighted by Crippen LogP contribution is -2.34. The van der Waals surface area contributed by atoms with E-state index < -0.39 is 11.7 Å². The number of piperidine rings is 2. The van der Waals surface area contributed by atoms with Crippen LogP contribution in [-0.4, -0.2) is 56.1 Å². The van der Waals surface area contributed by atoms with Crippen molar-refractivity contribution in [1.29, 1.82) is 0 Å². The Labute approximate surface area is 211 Å². The standard InChI is InChI=1S/C17H25F3N2.C8H16N2.C3H6/c1-14-7-8-15(17(18,19)20)13-16(14)21(2)9-6-12-22-10-4-3-5-11-22;1-7-3-5-10(6-4-7)8(2)9;1-3-2/h7-8,13H,3-6,9-12H2,1-2H3;7H,2-6,9H2,1H3;3H,1H2,2H3. The van der Waals surface area contributed by atoms with E-state index in [-0.39, 0.29) is 0 Å². The Kier molecular flexibility index (Phi) is 13.9. The van der Waals surface area contributed by atoms with Crippen LogP contribution in [0.5, 0.6) is 0 Å². The van der Waals surface area contributed by atoms with E-state index in [9.17, 15) is 13.2 Å². The molecule has 3 rings (SSSR count). The quantitative estimate of drug-likeness (QED) is 0.446. The fourth-order valence-corrected chi connectivity index (χ4v) is 4.33. The van der Waals surface area contributed by atoms with Gasteiger partial charge in [-0.15, -0.1) is 6.58 Å². The lowest BCUT2D eigenvalue weighted by atomic mass is 9.99. The van der Waals surface area contributed by atoms with Crippen LogP contribution in [0, 0.1) is 12.8 Å². The molecule has 1 aromatic carbocycles. The van der Waals surface area contributed by atoms with Gasteiger partial charge in [0, 0.05) is 32.4 Å². The molecular formula is C28H47F3N4. The Morgan fingerprint density at radius 2 is 1.71 bits per heavy atom. The number of rotatable bonds is 6. The van der Waals surface area contributed by atoms with Crippen molar-refractivity contribution in [2.45, 2.75) is 65.5 Å². The van der Waals surface area contributed by atoms with E-state index in [1.807, 2.05) is 25.8 Å². The highest BCUT2D eigenvalue weighted by molar-refractivity contribution is 5.55. The van der Waals surface area contributed by atoms with Crippen LogP contribution in [0.15, 0.2) is 43.3 Å². The first kappa shape index (κ1) is 30.9. The van der Waals surface area contributed by atoms with Gasteiger partial charge in [0.25, 0.3) is 0 Å². The van der Waals surface area contributed by atoms with Gasteiger partial charge in [0.15, 0.2) is 0 Å². The minimum atomic E-state index is -4.28. The smallest absolute Gasteiger partial charge is 0.386 e. The monoisotopic (exact) mass is 496 g/mol. The van der Waals surface area contributed by atoms with Crippen molar-refractivity contribution in [3.05, 3.63) is 54.4 Å². The maximum atomic E-state index is 12.8. The summed E-state index contributed by atoms with van der Waals surface area (Å²) in [5.74, 6) is 1.60. The molecule has 200 valence electrons. The van der Waals surface area contributed by atoms with Crippen LogP contribution in [0.3, 0.4) is 0 Å². The summed E-state index contributed by atoms with van der Waals surface area (Å²) in [6.45, 7) is 19.4. The highest BCUT2D eigenvalue weighted by Crippen LogP contribution is 2.33. The van der Waals surface area contributed by atoms with Gasteiger partial charge in [-0.05, 0) is 89.2 Å². The Balaban J connectivity index is 0.000000391. The van der Waals surface area contributed by atoms with Crippen molar-refractivity contribution in [3.63, 3.8) is 0 Å². The molecule has 2 heterocycles. The average Bonchev–Trinajstić information content (AvgIpc) is 2.80. The topological polar surface area (TPSA) is 35.7 Å². The Morgan fingerprint density at radius 1 is 1.14 bits per heavy atom. The van der Waals surface area contributed by atoms with Crippen LogP contribution >= 0.6 is 0 Å². The van der Waals surface area contributed by atoms with Gasteiger partial charge in [0.05, 0.1) is 11.4 Å². The zero-order valence-corrected chi connectivity index (χ0v) is 22.3. The number of hydrogen-bond donors (Lipinski definition) is 1. The number of benzene rings is 1. The normalized spacial score (nSPS) is 16.9. The molecule has 0 aliphatic carbocycles. The molecular weight excluding hydrogens is 449 g/mol. The zero-order chi connectivity index (χ0) is 26.4. The zero-order valence-electron chi connectivity index (χ0n) is 22.3. The number of likely N-dealkylation sites (tertiary alicyclic amines) is 2. The van der Waals surface area contributed by atoms with Crippen molar-refractivity contribution in [2.75, 3.05) is 51.2 Å². The number of allylic oxidation sites excluding steroid dienone is 1. The maximum Gasteiger partial charge on any atom is 0.416 e. The molecule has 2 aliphatic rings. The number of hydrogen-bond acceptors (Lipinski definition) is 4. The van der Waals surface area contributed by atoms with Gasteiger partial charge < -0.3 is 20.4 Å². The number of alkyl halides is 3. The van der Waals surface area contributed by atoms with Crippen molar-refractivity contribution < 1.29 is 13.2 Å². The van der Waals surface area contributed by atoms with Gasteiger partial charge in [-0.3, -0.25) is 0 Å². The van der Waals surface area contributed by atoms with E-state index in [1.165, 1.54) is 38.2 Å². The van der Waals surface area contributed by atoms with Gasteiger partial charge in [-0.2, -0.15) is 13.2 Å². The molecule has 1 aromatic rings. The Bertz CT molecular complexity index is 749. The summed E-state index contributed by atoms with van der Waals surface area (Å²) in [7, 11) is 1.87. The lowest BCUT2D eigenvalue weighted by molar-refractivity contribution is -0.137. The first-order chi connectivity index (χ1) is 16.5. The molecule has 7 heteroatoms. The molecule has 0 unspecified atom stereocenters. The van der Waals surface area contributed by atoms with Crippen LogP contribution in [0.25, 0.3) is 0 Å². The highest BCUT2D eigenvalue weighted by atomic mass is 19.4. The Hall–Kier alpha value is -2.15. The molecule has 0 spiro atoms. The second-order valence-corrected chi connectivity index (χ2v) is 9.75. The minimum absolute atomic E-state index is 0.573. The first-order valence-corrected chi connectivity index (χ1v) is 12.9. The van der Waals surface area contributed by atoms with Gasteiger partial charge >= 0.3 is 6.18 Å². The molecule has 2 fully saturated rings. The van der Waals surface area contributed by atoms with E-state index in [0.717, 1.165) is 69.1 Å². The van der Waals surface area contributed by atoms with Crippen LogP contribution in [0.4, 0.5) is 18.9 Å². The second-order valence-electron chi connectivity index (χ2n) is 9.75. The van der Waals surface area contributed by atoms with E-state index in [0.29, 0.717) is 5.69 Å². The number of halogens is 3. The minimum Gasteiger partial charge on any atom is -0.386 e. The predicted molar refractivity (Wildman–Crippen MR) is 144 cm³/mol. The molecule has 2 aliphatic heterocycles. The average molecular weight is 497 g/mol. The summed E-state index contributed by atoms with van der Waals surface area (Å²) in [6, 6.07) is 3.97.